The van der Waals surface area contributed by atoms with Crippen molar-refractivity contribution in [2.75, 3.05) is 0 Å². The highest BCUT2D eigenvalue weighted by Crippen LogP contribution is 2.65. The first kappa shape index (κ1) is 15.7. The normalized spacial score (nSPS) is 51.5. The number of carbonyl (C=O) groups is 1. The monoisotopic (exact) mass is 312 g/mol. The average Bonchev–Trinajstić information content (AvgIpc) is 2.77. The van der Waals surface area contributed by atoms with Gasteiger partial charge in [0.25, 0.3) is 0 Å². The lowest BCUT2D eigenvalue weighted by Crippen LogP contribution is -2.47. The number of allylic oxidation sites excluding steroid dienone is 4. The molecule has 3 unspecified atom stereocenters. The van der Waals surface area contributed by atoms with Gasteiger partial charge in [-0.2, -0.15) is 0 Å². The lowest BCUT2D eigenvalue weighted by atomic mass is 9.49. The Morgan fingerprint density at radius 1 is 1.17 bits per heavy atom. The van der Waals surface area contributed by atoms with Gasteiger partial charge in [0, 0.05) is 5.92 Å². The fourth-order valence-electron chi connectivity index (χ4n) is 7.35. The lowest BCUT2D eigenvalue weighted by Gasteiger charge is -2.55. The van der Waals surface area contributed by atoms with E-state index in [0.717, 1.165) is 24.2 Å². The van der Waals surface area contributed by atoms with E-state index < -0.39 is 0 Å². The van der Waals surface area contributed by atoms with Crippen LogP contribution in [0.4, 0.5) is 0 Å². The van der Waals surface area contributed by atoms with Gasteiger partial charge >= 0.3 is 0 Å². The minimum atomic E-state index is 0.215. The summed E-state index contributed by atoms with van der Waals surface area (Å²) in [7, 11) is 0. The van der Waals surface area contributed by atoms with E-state index >= 15 is 0 Å². The first-order valence-corrected chi connectivity index (χ1v) is 9.74. The molecule has 0 aromatic carbocycles. The topological polar surface area (TPSA) is 17.1 Å². The molecule has 7 atom stereocenters. The summed E-state index contributed by atoms with van der Waals surface area (Å²) >= 11 is 0. The third kappa shape index (κ3) is 2.01. The lowest BCUT2D eigenvalue weighted by molar-refractivity contribution is -0.126. The molecule has 0 aromatic heterocycles. The third-order valence-electron chi connectivity index (χ3n) is 8.35. The molecule has 0 bridgehead atoms. The smallest absolute Gasteiger partial charge is 0.133 e. The predicted molar refractivity (Wildman–Crippen MR) is 94.9 cm³/mol. The van der Waals surface area contributed by atoms with Crippen molar-refractivity contribution in [2.24, 2.45) is 40.4 Å². The Balaban J connectivity index is 1.74. The van der Waals surface area contributed by atoms with Gasteiger partial charge in [-0.05, 0) is 80.0 Å². The maximum atomic E-state index is 12.3. The van der Waals surface area contributed by atoms with Crippen LogP contribution in [-0.2, 0) is 4.79 Å². The molecule has 0 N–H and O–H groups in total. The molecule has 23 heavy (non-hydrogen) atoms. The summed E-state index contributed by atoms with van der Waals surface area (Å²) in [5, 5.41) is 0. The number of ketones is 1. The molecule has 1 heteroatoms. The third-order valence-corrected chi connectivity index (χ3v) is 8.35. The number of hydrogen-bond acceptors (Lipinski definition) is 1. The fraction of sp³-hybridized carbons (Fsp3) is 0.773. The van der Waals surface area contributed by atoms with Crippen molar-refractivity contribution in [1.82, 2.24) is 0 Å². The highest BCUT2D eigenvalue weighted by atomic mass is 16.1. The van der Waals surface area contributed by atoms with Crippen LogP contribution in [0.25, 0.3) is 0 Å². The molecule has 126 valence electrons. The number of fused-ring (bicyclic) bond motifs is 5. The summed E-state index contributed by atoms with van der Waals surface area (Å²) in [6.07, 6.45) is 15.1. The van der Waals surface area contributed by atoms with Gasteiger partial charge < -0.3 is 0 Å². The van der Waals surface area contributed by atoms with Crippen molar-refractivity contribution in [3.8, 4) is 0 Å². The maximum absolute atomic E-state index is 12.3. The molecule has 0 saturated heterocycles. The Morgan fingerprint density at radius 2 is 1.96 bits per heavy atom. The molecule has 0 aliphatic heterocycles. The van der Waals surface area contributed by atoms with E-state index in [4.69, 9.17) is 0 Å². The highest BCUT2D eigenvalue weighted by molar-refractivity contribution is 5.80. The summed E-state index contributed by atoms with van der Waals surface area (Å²) < 4.78 is 0. The molecular weight excluding hydrogens is 280 g/mol. The van der Waals surface area contributed by atoms with Gasteiger partial charge in [-0.25, -0.2) is 0 Å². The first-order valence-electron chi connectivity index (χ1n) is 9.74. The van der Waals surface area contributed by atoms with Gasteiger partial charge in [0.2, 0.25) is 0 Å². The zero-order valence-electron chi connectivity index (χ0n) is 15.3. The number of Topliss-reactive ketones (excluding diaryl/α,β-unsaturated/α-hetero) is 1. The molecule has 0 heterocycles. The molecule has 4 aliphatic carbocycles. The molecular formula is C22H32O. The minimum Gasteiger partial charge on any atom is -0.300 e. The second-order valence-corrected chi connectivity index (χ2v) is 9.49. The van der Waals surface area contributed by atoms with Crippen molar-refractivity contribution in [3.05, 3.63) is 23.8 Å². The molecule has 0 spiro atoms. The van der Waals surface area contributed by atoms with E-state index in [1.807, 2.05) is 6.92 Å². The van der Waals surface area contributed by atoms with Crippen LogP contribution in [0.1, 0.15) is 66.2 Å². The second kappa shape index (κ2) is 5.07. The van der Waals surface area contributed by atoms with Crippen LogP contribution < -0.4 is 0 Å². The van der Waals surface area contributed by atoms with Crippen LogP contribution in [-0.4, -0.2) is 5.78 Å². The largest absolute Gasteiger partial charge is 0.300 e. The highest BCUT2D eigenvalue weighted by Gasteiger charge is 2.59. The van der Waals surface area contributed by atoms with Crippen molar-refractivity contribution < 1.29 is 4.79 Å². The summed E-state index contributed by atoms with van der Waals surface area (Å²) in [4.78, 5) is 12.3. The summed E-state index contributed by atoms with van der Waals surface area (Å²) in [6, 6.07) is 0. The molecule has 4 rings (SSSR count). The first-order chi connectivity index (χ1) is 10.9. The van der Waals surface area contributed by atoms with Crippen LogP contribution >= 0.6 is 0 Å². The van der Waals surface area contributed by atoms with E-state index in [-0.39, 0.29) is 11.3 Å². The number of hydrogen-bond donors (Lipinski definition) is 0. The Kier molecular flexibility index (Phi) is 3.45. The molecule has 2 saturated carbocycles. The SMILES string of the molecule is CC(=O)[C@H]1[C@@H](C)CC2C3CCC4CC=CC[C@]4(C)C3=CC[C@@]21C. The fourth-order valence-corrected chi connectivity index (χ4v) is 7.35. The van der Waals surface area contributed by atoms with Crippen LogP contribution in [0, 0.1) is 40.4 Å². The van der Waals surface area contributed by atoms with Crippen molar-refractivity contribution in [2.45, 2.75) is 66.2 Å². The van der Waals surface area contributed by atoms with Crippen LogP contribution in [0.3, 0.4) is 0 Å². The molecule has 0 aromatic rings. The summed E-state index contributed by atoms with van der Waals surface area (Å²) in [5.41, 5.74) is 2.39. The summed E-state index contributed by atoms with van der Waals surface area (Å²) in [6.45, 7) is 9.11. The average molecular weight is 312 g/mol. The molecule has 1 nitrogen and oxygen atoms in total. The zero-order valence-corrected chi connectivity index (χ0v) is 15.3. The standard InChI is InChI=1S/C22H32O/c1-14-13-19-17-9-8-16-7-5-6-11-21(16,3)18(17)10-12-22(19,4)20(14)15(2)23/h5-6,10,14,16-17,19-20H,7-9,11-13H2,1-4H3/t14-,16?,17?,19?,20+,21-,22-/m0/s1. The van der Waals surface area contributed by atoms with Gasteiger partial charge in [-0.1, -0.05) is 44.6 Å². The summed E-state index contributed by atoms with van der Waals surface area (Å²) in [5.74, 6) is 3.60. The quantitative estimate of drug-likeness (QED) is 0.579. The van der Waals surface area contributed by atoms with Gasteiger partial charge in [0.1, 0.15) is 5.78 Å². The number of rotatable bonds is 1. The van der Waals surface area contributed by atoms with E-state index in [0.29, 0.717) is 17.1 Å². The molecule has 4 aliphatic rings. The molecule has 0 amide bonds. The van der Waals surface area contributed by atoms with Crippen molar-refractivity contribution in [1.29, 1.82) is 0 Å². The van der Waals surface area contributed by atoms with Crippen molar-refractivity contribution in [3.63, 3.8) is 0 Å². The second-order valence-electron chi connectivity index (χ2n) is 9.49. The Hall–Kier alpha value is -0.850. The van der Waals surface area contributed by atoms with E-state index in [1.165, 1.54) is 32.1 Å². The molecule has 0 radical (unpaired) electrons. The van der Waals surface area contributed by atoms with Gasteiger partial charge in [0.15, 0.2) is 0 Å². The number of carbonyl (C=O) groups excluding carboxylic acids is 1. The van der Waals surface area contributed by atoms with E-state index in [9.17, 15) is 4.79 Å². The van der Waals surface area contributed by atoms with Crippen LogP contribution in [0.2, 0.25) is 0 Å². The predicted octanol–water partition coefficient (Wildman–Crippen LogP) is 5.57. The zero-order chi connectivity index (χ0) is 16.4. The Morgan fingerprint density at radius 3 is 2.70 bits per heavy atom. The molecule has 2 fully saturated rings. The maximum Gasteiger partial charge on any atom is 0.133 e. The van der Waals surface area contributed by atoms with E-state index in [1.54, 1.807) is 5.57 Å². The van der Waals surface area contributed by atoms with Crippen molar-refractivity contribution >= 4 is 5.78 Å². The van der Waals surface area contributed by atoms with Gasteiger partial charge in [0.05, 0.1) is 0 Å². The van der Waals surface area contributed by atoms with E-state index in [2.05, 4.69) is 39.0 Å². The van der Waals surface area contributed by atoms with Gasteiger partial charge in [-0.15, -0.1) is 0 Å². The Bertz CT molecular complexity index is 585. The van der Waals surface area contributed by atoms with Crippen LogP contribution in [0.15, 0.2) is 23.8 Å². The van der Waals surface area contributed by atoms with Gasteiger partial charge in [-0.3, -0.25) is 4.79 Å². The Labute approximate surface area is 141 Å². The minimum absolute atomic E-state index is 0.215. The van der Waals surface area contributed by atoms with Crippen LogP contribution in [0.5, 0.6) is 0 Å².